The van der Waals surface area contributed by atoms with Crippen molar-refractivity contribution in [1.82, 2.24) is 14.7 Å². The van der Waals surface area contributed by atoms with Crippen LogP contribution in [-0.2, 0) is 0 Å². The third-order valence-corrected chi connectivity index (χ3v) is 4.37. The molecule has 0 aliphatic heterocycles. The van der Waals surface area contributed by atoms with Crippen molar-refractivity contribution in [1.29, 1.82) is 0 Å². The lowest BCUT2D eigenvalue weighted by molar-refractivity contribution is 0.0974. The van der Waals surface area contributed by atoms with E-state index in [0.29, 0.717) is 12.1 Å². The Labute approximate surface area is 126 Å². The lowest BCUT2D eigenvalue weighted by Crippen LogP contribution is -2.39. The summed E-state index contributed by atoms with van der Waals surface area (Å²) in [5.41, 5.74) is 0. The minimum Gasteiger partial charge on any atom is -0.392 e. The van der Waals surface area contributed by atoms with E-state index in [1.165, 1.54) is 6.42 Å². The van der Waals surface area contributed by atoms with Crippen LogP contribution in [0, 0.1) is 0 Å². The molecule has 0 saturated carbocycles. The molecule has 0 aliphatic rings. The number of aliphatic hydroxyl groups excluding tert-OH is 1. The van der Waals surface area contributed by atoms with Crippen LogP contribution in [-0.4, -0.2) is 85.8 Å². The van der Waals surface area contributed by atoms with Crippen molar-refractivity contribution in [2.24, 2.45) is 0 Å². The number of rotatable bonds is 11. The fourth-order valence-electron chi connectivity index (χ4n) is 2.14. The van der Waals surface area contributed by atoms with Gasteiger partial charge in [-0.25, -0.2) is 0 Å². The van der Waals surface area contributed by atoms with E-state index in [1.54, 1.807) is 0 Å². The first kappa shape index (κ1) is 19.8. The molecule has 0 amide bonds. The smallest absolute Gasteiger partial charge is 0.0664 e. The van der Waals surface area contributed by atoms with Crippen LogP contribution in [0.15, 0.2) is 0 Å². The Hall–Kier alpha value is -0.160. The van der Waals surface area contributed by atoms with Gasteiger partial charge in [0.15, 0.2) is 0 Å². The van der Waals surface area contributed by atoms with Crippen molar-refractivity contribution < 1.29 is 5.11 Å². The summed E-state index contributed by atoms with van der Waals surface area (Å²) in [5.74, 6) is 0. The fourth-order valence-corrected chi connectivity index (χ4v) is 2.14. The molecule has 3 unspecified atom stereocenters. The van der Waals surface area contributed by atoms with Crippen molar-refractivity contribution in [3.63, 3.8) is 0 Å². The van der Waals surface area contributed by atoms with E-state index in [-0.39, 0.29) is 6.10 Å². The van der Waals surface area contributed by atoms with Crippen LogP contribution in [0.5, 0.6) is 0 Å². The summed E-state index contributed by atoms with van der Waals surface area (Å²) in [7, 11) is 8.58. The van der Waals surface area contributed by atoms with Gasteiger partial charge in [0.2, 0.25) is 0 Å². The highest BCUT2D eigenvalue weighted by Crippen LogP contribution is 2.08. The highest BCUT2D eigenvalue weighted by atomic mass is 16.3. The molecule has 0 aromatic heterocycles. The van der Waals surface area contributed by atoms with Gasteiger partial charge >= 0.3 is 0 Å². The van der Waals surface area contributed by atoms with Gasteiger partial charge in [0, 0.05) is 18.6 Å². The summed E-state index contributed by atoms with van der Waals surface area (Å²) < 4.78 is 0. The predicted molar refractivity (Wildman–Crippen MR) is 88.3 cm³/mol. The van der Waals surface area contributed by atoms with Crippen LogP contribution in [0.1, 0.15) is 40.0 Å². The minimum absolute atomic E-state index is 0.195. The minimum atomic E-state index is -0.195. The van der Waals surface area contributed by atoms with Crippen molar-refractivity contribution in [3.05, 3.63) is 0 Å². The molecule has 3 atom stereocenters. The summed E-state index contributed by atoms with van der Waals surface area (Å²) in [6.07, 6.45) is 3.00. The topological polar surface area (TPSA) is 30.0 Å². The van der Waals surface area contributed by atoms with Gasteiger partial charge in [0.05, 0.1) is 6.10 Å². The SMILES string of the molecule is CCC(O)CN(C)C(C)CCN(C)C(C)CCN(C)C. The van der Waals surface area contributed by atoms with Crippen molar-refractivity contribution >= 4 is 0 Å². The van der Waals surface area contributed by atoms with Crippen LogP contribution in [0.25, 0.3) is 0 Å². The number of aliphatic hydroxyl groups is 1. The second-order valence-corrected chi connectivity index (χ2v) is 6.56. The molecule has 0 fully saturated rings. The van der Waals surface area contributed by atoms with E-state index in [2.05, 4.69) is 56.7 Å². The van der Waals surface area contributed by atoms with E-state index >= 15 is 0 Å². The number of hydrogen-bond donors (Lipinski definition) is 1. The molecule has 122 valence electrons. The van der Waals surface area contributed by atoms with E-state index in [4.69, 9.17) is 0 Å². The molecule has 0 aromatic rings. The zero-order valence-electron chi connectivity index (χ0n) is 14.8. The van der Waals surface area contributed by atoms with Crippen molar-refractivity contribution in [2.75, 3.05) is 47.8 Å². The Bertz CT molecular complexity index is 236. The lowest BCUT2D eigenvalue weighted by atomic mass is 10.1. The molecule has 0 bridgehead atoms. The normalized spacial score (nSPS) is 16.9. The molecular formula is C16H37N3O. The van der Waals surface area contributed by atoms with Crippen LogP contribution >= 0.6 is 0 Å². The van der Waals surface area contributed by atoms with Crippen LogP contribution in [0.4, 0.5) is 0 Å². The van der Waals surface area contributed by atoms with Crippen LogP contribution in [0.2, 0.25) is 0 Å². The number of hydrogen-bond acceptors (Lipinski definition) is 4. The highest BCUT2D eigenvalue weighted by Gasteiger charge is 2.15. The van der Waals surface area contributed by atoms with E-state index in [1.807, 2.05) is 6.92 Å². The van der Waals surface area contributed by atoms with Crippen LogP contribution < -0.4 is 0 Å². The van der Waals surface area contributed by atoms with Gasteiger partial charge in [0.1, 0.15) is 0 Å². The Kier molecular flexibility index (Phi) is 10.5. The first-order chi connectivity index (χ1) is 9.27. The molecule has 0 radical (unpaired) electrons. The second-order valence-electron chi connectivity index (χ2n) is 6.56. The maximum Gasteiger partial charge on any atom is 0.0664 e. The monoisotopic (exact) mass is 287 g/mol. The molecule has 0 heterocycles. The first-order valence-electron chi connectivity index (χ1n) is 8.01. The summed E-state index contributed by atoms with van der Waals surface area (Å²) in [4.78, 5) is 6.96. The molecule has 0 aliphatic carbocycles. The molecular weight excluding hydrogens is 250 g/mol. The van der Waals surface area contributed by atoms with Gasteiger partial charge in [-0.15, -0.1) is 0 Å². The lowest BCUT2D eigenvalue weighted by Gasteiger charge is -2.30. The molecule has 4 nitrogen and oxygen atoms in total. The third-order valence-electron chi connectivity index (χ3n) is 4.37. The summed E-state index contributed by atoms with van der Waals surface area (Å²) >= 11 is 0. The summed E-state index contributed by atoms with van der Waals surface area (Å²) in [6, 6.07) is 1.14. The molecule has 4 heteroatoms. The van der Waals surface area contributed by atoms with Gasteiger partial charge in [-0.1, -0.05) is 6.92 Å². The molecule has 0 rings (SSSR count). The second kappa shape index (κ2) is 10.6. The Morgan fingerprint density at radius 2 is 1.35 bits per heavy atom. The Balaban J connectivity index is 3.94. The molecule has 0 saturated heterocycles. The first-order valence-corrected chi connectivity index (χ1v) is 8.01. The van der Waals surface area contributed by atoms with E-state index in [0.717, 1.165) is 32.5 Å². The molecule has 1 N–H and O–H groups in total. The average Bonchev–Trinajstić information content (AvgIpc) is 2.40. The standard InChI is InChI=1S/C16H37N3O/c1-8-16(20)13-19(7)15(3)10-12-18(6)14(2)9-11-17(4)5/h14-16,20H,8-13H2,1-7H3. The van der Waals surface area contributed by atoms with Gasteiger partial charge < -0.3 is 19.8 Å². The largest absolute Gasteiger partial charge is 0.392 e. The zero-order valence-corrected chi connectivity index (χ0v) is 14.8. The van der Waals surface area contributed by atoms with Gasteiger partial charge in [-0.3, -0.25) is 0 Å². The highest BCUT2D eigenvalue weighted by molar-refractivity contribution is 4.71. The predicted octanol–water partition coefficient (Wildman–Crippen LogP) is 1.74. The molecule has 0 aromatic carbocycles. The fraction of sp³-hybridized carbons (Fsp3) is 1.00. The third kappa shape index (κ3) is 8.90. The maximum absolute atomic E-state index is 9.71. The quantitative estimate of drug-likeness (QED) is 0.627. The molecule has 20 heavy (non-hydrogen) atoms. The van der Waals surface area contributed by atoms with E-state index in [9.17, 15) is 5.11 Å². The van der Waals surface area contributed by atoms with Gasteiger partial charge in [-0.05, 0) is 74.4 Å². The van der Waals surface area contributed by atoms with Crippen molar-refractivity contribution in [2.45, 2.75) is 58.2 Å². The van der Waals surface area contributed by atoms with E-state index < -0.39 is 0 Å². The Morgan fingerprint density at radius 3 is 1.85 bits per heavy atom. The van der Waals surface area contributed by atoms with Gasteiger partial charge in [-0.2, -0.15) is 0 Å². The number of nitrogens with zero attached hydrogens (tertiary/aromatic N) is 3. The van der Waals surface area contributed by atoms with Gasteiger partial charge in [0.25, 0.3) is 0 Å². The average molecular weight is 287 g/mol. The zero-order chi connectivity index (χ0) is 15.7. The molecule has 0 spiro atoms. The summed E-state index contributed by atoms with van der Waals surface area (Å²) in [5, 5.41) is 9.71. The van der Waals surface area contributed by atoms with Crippen LogP contribution in [0.3, 0.4) is 0 Å². The number of likely N-dealkylation sites (N-methyl/N-ethyl adjacent to an activating group) is 1. The maximum atomic E-state index is 9.71. The van der Waals surface area contributed by atoms with Crippen molar-refractivity contribution in [3.8, 4) is 0 Å². The summed E-state index contributed by atoms with van der Waals surface area (Å²) in [6.45, 7) is 9.62. The Morgan fingerprint density at radius 1 is 0.850 bits per heavy atom.